The van der Waals surface area contributed by atoms with Crippen molar-refractivity contribution in [1.82, 2.24) is 0 Å². The first-order valence-electron chi connectivity index (χ1n) is 18.1. The standard InChI is InChI=1S/C23H30O6S3.C17H20O6S.HP/c1-4-31-23(30)32-17(3)21(26)28-12-8-9-13-29-22(27)19(14-16(2)20(24)25)15-18-10-6-5-7-11-18;1-12-15(14-8-4-3-5-9-14)24(20,21)13(2)17(19)23-11-7-6-10-22-16(12)18;/h5-7,10-11,15-17H,4,8-9,12-14H2,1-3H3,(H,24,25);3-5,8-9,13,15H,1,6-7,10-11H2,2H3;1H/q;;-2/b19-15+;;. The molecule has 1 N–H and O–H groups in total. The second-order valence-electron chi connectivity index (χ2n) is 12.5. The number of unbranched alkanes of at least 4 members (excludes halogenated alkanes) is 1. The van der Waals surface area contributed by atoms with Gasteiger partial charge in [0.25, 0.3) is 0 Å². The summed E-state index contributed by atoms with van der Waals surface area (Å²) >= 11 is 8.02. The van der Waals surface area contributed by atoms with Crippen molar-refractivity contribution in [3.8, 4) is 0 Å². The quantitative estimate of drug-likeness (QED) is 0.0486. The van der Waals surface area contributed by atoms with E-state index in [0.717, 1.165) is 14.8 Å². The van der Waals surface area contributed by atoms with Gasteiger partial charge in [0.05, 0.1) is 37.9 Å². The average molecular weight is 883 g/mol. The van der Waals surface area contributed by atoms with Crippen LogP contribution >= 0.6 is 45.6 Å². The number of esters is 4. The number of carbonyl (C=O) groups excluding carboxylic acids is 4. The number of aliphatic carboxylic acids is 1. The number of carbonyl (C=O) groups is 5. The molecule has 1 aliphatic heterocycles. The van der Waals surface area contributed by atoms with Crippen LogP contribution in [0.5, 0.6) is 0 Å². The lowest BCUT2D eigenvalue weighted by atomic mass is 9.99. The van der Waals surface area contributed by atoms with Gasteiger partial charge in [-0.25, -0.2) is 18.0 Å². The highest BCUT2D eigenvalue weighted by molar-refractivity contribution is 8.47. The van der Waals surface area contributed by atoms with Crippen molar-refractivity contribution in [2.45, 2.75) is 75.5 Å². The molecule has 0 spiro atoms. The van der Waals surface area contributed by atoms with Crippen LogP contribution in [0.25, 0.3) is 6.08 Å². The fourth-order valence-corrected chi connectivity index (χ4v) is 9.19. The molecule has 1 aliphatic rings. The molecule has 57 heavy (non-hydrogen) atoms. The lowest BCUT2D eigenvalue weighted by molar-refractivity contribution is -0.144. The van der Waals surface area contributed by atoms with E-state index in [2.05, 4.69) is 6.58 Å². The number of hydrogen-bond acceptors (Lipinski definition) is 14. The fraction of sp³-hybridized carbons (Fsp3) is 0.450. The van der Waals surface area contributed by atoms with Gasteiger partial charge in [0.2, 0.25) is 0 Å². The zero-order valence-corrected chi connectivity index (χ0v) is 36.8. The van der Waals surface area contributed by atoms with Crippen molar-refractivity contribution < 1.29 is 56.4 Å². The Bertz CT molecular complexity index is 1790. The highest BCUT2D eigenvalue weighted by Crippen LogP contribution is 2.34. The van der Waals surface area contributed by atoms with Crippen molar-refractivity contribution in [3.63, 3.8) is 0 Å². The number of rotatable bonds is 14. The number of thiocarbonyl (C=S) groups is 1. The average Bonchev–Trinajstić information content (AvgIpc) is 3.17. The molecule has 2 aromatic rings. The maximum Gasteiger partial charge on any atom is 0.335 e. The van der Waals surface area contributed by atoms with Crippen molar-refractivity contribution in [2.24, 2.45) is 5.92 Å². The Morgan fingerprint density at radius 1 is 0.965 bits per heavy atom. The van der Waals surface area contributed by atoms with Crippen LogP contribution < -0.4 is 0 Å². The first-order chi connectivity index (χ1) is 26.6. The summed E-state index contributed by atoms with van der Waals surface area (Å²) in [5.74, 6) is -3.26. The van der Waals surface area contributed by atoms with Crippen LogP contribution in [0.3, 0.4) is 0 Å². The van der Waals surface area contributed by atoms with E-state index in [4.69, 9.17) is 31.2 Å². The largest absolute Gasteiger partial charge is 1.51 e. The first kappa shape index (κ1) is 51.5. The predicted molar refractivity (Wildman–Crippen MR) is 231 cm³/mol. The van der Waals surface area contributed by atoms with Gasteiger partial charge in [-0.1, -0.05) is 105 Å². The van der Waals surface area contributed by atoms with Crippen LogP contribution in [0, 0.1) is 5.92 Å². The smallest absolute Gasteiger partial charge is 0.335 e. The van der Waals surface area contributed by atoms with Gasteiger partial charge in [-0.3, -0.25) is 14.4 Å². The van der Waals surface area contributed by atoms with E-state index >= 15 is 0 Å². The molecule has 0 radical (unpaired) electrons. The zero-order valence-electron chi connectivity index (χ0n) is 32.5. The topological polar surface area (TPSA) is 177 Å². The molecule has 17 heteroatoms. The third-order valence-electron chi connectivity index (χ3n) is 8.08. The minimum absolute atomic E-state index is 0. The molecule has 4 unspecified atom stereocenters. The summed E-state index contributed by atoms with van der Waals surface area (Å²) in [6.45, 7) is 10.8. The number of carboxylic acids is 1. The molecule has 0 aliphatic carbocycles. The van der Waals surface area contributed by atoms with Gasteiger partial charge < -0.3 is 34.0 Å². The third-order valence-corrected chi connectivity index (χ3v) is 13.0. The molecule has 3 rings (SSSR count). The van der Waals surface area contributed by atoms with Crippen LogP contribution in [-0.4, -0.2) is 89.6 Å². The Balaban J connectivity index is 0.000000581. The Hall–Kier alpha value is -3.56. The van der Waals surface area contributed by atoms with Gasteiger partial charge in [0, 0.05) is 5.57 Å². The second kappa shape index (κ2) is 27.2. The van der Waals surface area contributed by atoms with Crippen LogP contribution in [-0.2, 0) is 52.8 Å². The number of thioether (sulfide) groups is 2. The number of carboxylic acid groups (broad SMARTS) is 1. The summed E-state index contributed by atoms with van der Waals surface area (Å²) in [6.07, 6.45) is 3.81. The zero-order chi connectivity index (χ0) is 41.7. The molecule has 4 atom stereocenters. The Morgan fingerprint density at radius 2 is 1.53 bits per heavy atom. The molecule has 12 nitrogen and oxygen atoms in total. The fourth-order valence-electron chi connectivity index (χ4n) is 4.88. The maximum atomic E-state index is 12.9. The summed E-state index contributed by atoms with van der Waals surface area (Å²) < 4.78 is 47.3. The van der Waals surface area contributed by atoms with Crippen LogP contribution in [0.1, 0.15) is 76.2 Å². The van der Waals surface area contributed by atoms with E-state index < -0.39 is 50.1 Å². The summed E-state index contributed by atoms with van der Waals surface area (Å²) in [6, 6.07) is 17.4. The molecule has 1 fully saturated rings. The van der Waals surface area contributed by atoms with E-state index in [0.29, 0.717) is 36.8 Å². The molecule has 0 saturated carbocycles. The van der Waals surface area contributed by atoms with Gasteiger partial charge in [-0.05, 0) is 68.9 Å². The molecular formula is C40H51O12PS4-2. The molecule has 0 bridgehead atoms. The molecule has 0 aromatic heterocycles. The monoisotopic (exact) mass is 882 g/mol. The van der Waals surface area contributed by atoms with E-state index in [1.807, 2.05) is 37.3 Å². The van der Waals surface area contributed by atoms with Gasteiger partial charge in [-0.15, -0.1) is 11.8 Å². The summed E-state index contributed by atoms with van der Waals surface area (Å²) in [5, 5.41) is 6.06. The van der Waals surface area contributed by atoms with Crippen LogP contribution in [0.2, 0.25) is 0 Å². The number of cyclic esters (lactones) is 2. The van der Waals surface area contributed by atoms with Gasteiger partial charge in [-0.2, -0.15) is 0 Å². The van der Waals surface area contributed by atoms with Crippen LogP contribution in [0.4, 0.5) is 0 Å². The highest BCUT2D eigenvalue weighted by atomic mass is 32.2. The lowest BCUT2D eigenvalue weighted by Gasteiger charge is -2.23. The molecule has 2 aromatic carbocycles. The van der Waals surface area contributed by atoms with Gasteiger partial charge >= 0.3 is 29.8 Å². The van der Waals surface area contributed by atoms with Crippen molar-refractivity contribution in [3.05, 3.63) is 89.5 Å². The Morgan fingerprint density at radius 3 is 2.11 bits per heavy atom. The Kier molecular flexibility index (Phi) is 24.5. The highest BCUT2D eigenvalue weighted by Gasteiger charge is 2.41. The van der Waals surface area contributed by atoms with Gasteiger partial charge in [0.15, 0.2) is 15.1 Å². The van der Waals surface area contributed by atoms with E-state index in [-0.39, 0.29) is 59.5 Å². The number of hydrogen-bond donors (Lipinski definition) is 1. The summed E-state index contributed by atoms with van der Waals surface area (Å²) in [5.41, 5.74) is 1.26. The summed E-state index contributed by atoms with van der Waals surface area (Å²) in [4.78, 5) is 60.0. The van der Waals surface area contributed by atoms with E-state index in [9.17, 15) is 37.5 Å². The molecule has 0 amide bonds. The molecule has 1 saturated heterocycles. The number of benzene rings is 2. The number of sulfone groups is 1. The number of ether oxygens (including phenoxy) is 4. The second-order valence-corrected chi connectivity index (χ2v) is 18.7. The third kappa shape index (κ3) is 18.3. The maximum absolute atomic E-state index is 12.9. The SMILES string of the molecule is C=C1C(=O)OCCCCOC(=O)C(C)S(=O)(=O)C1c1ccccc1.CCSC(=S)SC(C)C(=O)OCCCCOC(=O)/C(=C/c1ccccc1)CC(C)C(=O)O.[PH-2]. The van der Waals surface area contributed by atoms with E-state index in [1.54, 1.807) is 50.3 Å². The molecular weight excluding hydrogens is 832 g/mol. The van der Waals surface area contributed by atoms with Crippen molar-refractivity contribution >= 4 is 94.9 Å². The van der Waals surface area contributed by atoms with Crippen molar-refractivity contribution in [1.29, 1.82) is 0 Å². The van der Waals surface area contributed by atoms with Crippen molar-refractivity contribution in [2.75, 3.05) is 32.2 Å². The van der Waals surface area contributed by atoms with E-state index in [1.165, 1.54) is 30.4 Å². The minimum Gasteiger partial charge on any atom is -1.51 e. The molecule has 1 heterocycles. The minimum atomic E-state index is -4.09. The van der Waals surface area contributed by atoms with Crippen LogP contribution in [0.15, 0.2) is 78.4 Å². The normalized spacial score (nSPS) is 18.2. The first-order valence-corrected chi connectivity index (χ1v) is 21.9. The van der Waals surface area contributed by atoms with Gasteiger partial charge in [0.1, 0.15) is 14.0 Å². The predicted octanol–water partition coefficient (Wildman–Crippen LogP) is 7.77. The lowest BCUT2D eigenvalue weighted by Crippen LogP contribution is -2.35. The molecule has 314 valence electrons. The summed E-state index contributed by atoms with van der Waals surface area (Å²) in [7, 11) is -4.09. The Labute approximate surface area is 352 Å².